The first kappa shape index (κ1) is 13.5. The van der Waals surface area contributed by atoms with Crippen LogP contribution in [0.1, 0.15) is 35.2 Å². The standard InChI is InChI=1S/C14H16FNO3/c1-9-5-6-10(15)8-11(9)13(17)16-7-3-2-4-12(16)14(18)19/h5-6,8,12H,2-4,7H2,1H3,(H,18,19)/t12-/m1/s1. The lowest BCUT2D eigenvalue weighted by Gasteiger charge is -2.33. The van der Waals surface area contributed by atoms with E-state index < -0.39 is 23.7 Å². The number of amides is 1. The number of carboxylic acid groups (broad SMARTS) is 1. The summed E-state index contributed by atoms with van der Waals surface area (Å²) in [5.41, 5.74) is 0.897. The molecule has 5 heteroatoms. The zero-order valence-electron chi connectivity index (χ0n) is 10.7. The Morgan fingerprint density at radius 3 is 2.79 bits per heavy atom. The second-order valence-corrected chi connectivity index (χ2v) is 4.81. The molecule has 0 aromatic heterocycles. The minimum atomic E-state index is -0.998. The van der Waals surface area contributed by atoms with Crippen molar-refractivity contribution in [1.82, 2.24) is 4.90 Å². The zero-order chi connectivity index (χ0) is 14.0. The average Bonchev–Trinajstić information content (AvgIpc) is 2.40. The molecule has 0 saturated carbocycles. The van der Waals surface area contributed by atoms with Gasteiger partial charge in [-0.1, -0.05) is 6.07 Å². The Morgan fingerprint density at radius 1 is 1.37 bits per heavy atom. The van der Waals surface area contributed by atoms with Crippen LogP contribution in [0.25, 0.3) is 0 Å². The van der Waals surface area contributed by atoms with Crippen molar-refractivity contribution in [1.29, 1.82) is 0 Å². The quantitative estimate of drug-likeness (QED) is 0.892. The second-order valence-electron chi connectivity index (χ2n) is 4.81. The first-order chi connectivity index (χ1) is 9.00. The highest BCUT2D eigenvalue weighted by Crippen LogP contribution is 2.21. The Morgan fingerprint density at radius 2 is 2.11 bits per heavy atom. The number of carbonyl (C=O) groups excluding carboxylic acids is 1. The molecule has 1 aromatic carbocycles. The van der Waals surface area contributed by atoms with Crippen molar-refractivity contribution in [2.24, 2.45) is 0 Å². The van der Waals surface area contributed by atoms with Gasteiger partial charge in [0.25, 0.3) is 5.91 Å². The number of carbonyl (C=O) groups is 2. The normalized spacial score (nSPS) is 19.3. The molecule has 0 spiro atoms. The van der Waals surface area contributed by atoms with Crippen LogP contribution in [0, 0.1) is 12.7 Å². The van der Waals surface area contributed by atoms with Gasteiger partial charge in [-0.25, -0.2) is 9.18 Å². The molecule has 0 unspecified atom stereocenters. The summed E-state index contributed by atoms with van der Waals surface area (Å²) in [4.78, 5) is 24.9. The van der Waals surface area contributed by atoms with Crippen molar-refractivity contribution in [2.75, 3.05) is 6.54 Å². The molecular weight excluding hydrogens is 249 g/mol. The number of aryl methyl sites for hydroxylation is 1. The molecule has 1 fully saturated rings. The van der Waals surface area contributed by atoms with Gasteiger partial charge in [0.05, 0.1) is 0 Å². The van der Waals surface area contributed by atoms with Gasteiger partial charge in [-0.3, -0.25) is 4.79 Å². The number of benzene rings is 1. The molecule has 4 nitrogen and oxygen atoms in total. The average molecular weight is 265 g/mol. The Balaban J connectivity index is 2.31. The summed E-state index contributed by atoms with van der Waals surface area (Å²) in [6.07, 6.45) is 2.03. The molecule has 1 saturated heterocycles. The van der Waals surface area contributed by atoms with Gasteiger partial charge in [0.2, 0.25) is 0 Å². The first-order valence-corrected chi connectivity index (χ1v) is 6.30. The molecule has 19 heavy (non-hydrogen) atoms. The third kappa shape index (κ3) is 2.75. The maximum absolute atomic E-state index is 13.2. The molecule has 0 bridgehead atoms. The highest BCUT2D eigenvalue weighted by Gasteiger charge is 2.32. The van der Waals surface area contributed by atoms with E-state index in [0.29, 0.717) is 18.5 Å². The molecule has 0 aliphatic carbocycles. The smallest absolute Gasteiger partial charge is 0.326 e. The predicted molar refractivity (Wildman–Crippen MR) is 67.4 cm³/mol. The monoisotopic (exact) mass is 265 g/mol. The van der Waals surface area contributed by atoms with E-state index in [1.165, 1.54) is 23.1 Å². The first-order valence-electron chi connectivity index (χ1n) is 6.30. The van der Waals surface area contributed by atoms with E-state index in [4.69, 9.17) is 5.11 Å². The Hall–Kier alpha value is -1.91. The molecule has 0 radical (unpaired) electrons. The molecule has 2 rings (SSSR count). The van der Waals surface area contributed by atoms with Crippen LogP contribution in [-0.2, 0) is 4.79 Å². The van der Waals surface area contributed by atoms with E-state index in [2.05, 4.69) is 0 Å². The van der Waals surface area contributed by atoms with Gasteiger partial charge in [0.15, 0.2) is 0 Å². The number of carboxylic acids is 1. The van der Waals surface area contributed by atoms with Gasteiger partial charge in [-0.2, -0.15) is 0 Å². The molecule has 1 N–H and O–H groups in total. The second kappa shape index (κ2) is 5.38. The fourth-order valence-electron chi connectivity index (χ4n) is 2.41. The largest absolute Gasteiger partial charge is 0.480 e. The fraction of sp³-hybridized carbons (Fsp3) is 0.429. The molecule has 1 aromatic rings. The van der Waals surface area contributed by atoms with E-state index in [1.807, 2.05) is 0 Å². The number of nitrogens with zero attached hydrogens (tertiary/aromatic N) is 1. The van der Waals surface area contributed by atoms with Crippen molar-refractivity contribution in [3.05, 3.63) is 35.1 Å². The number of likely N-dealkylation sites (tertiary alicyclic amines) is 1. The van der Waals surface area contributed by atoms with Gasteiger partial charge in [0, 0.05) is 12.1 Å². The Kier molecular flexibility index (Phi) is 3.83. The van der Waals surface area contributed by atoms with E-state index in [0.717, 1.165) is 12.8 Å². The SMILES string of the molecule is Cc1ccc(F)cc1C(=O)N1CCCC[C@@H]1C(=O)O. The topological polar surface area (TPSA) is 57.6 Å². The summed E-state index contributed by atoms with van der Waals surface area (Å²) in [5.74, 6) is -1.89. The van der Waals surface area contributed by atoms with Crippen LogP contribution in [-0.4, -0.2) is 34.5 Å². The maximum Gasteiger partial charge on any atom is 0.326 e. The Labute approximate surface area is 110 Å². The van der Waals surface area contributed by atoms with Crippen molar-refractivity contribution < 1.29 is 19.1 Å². The molecule has 102 valence electrons. The van der Waals surface area contributed by atoms with Crippen LogP contribution in [0.4, 0.5) is 4.39 Å². The summed E-state index contributed by atoms with van der Waals surface area (Å²) in [6, 6.07) is 3.19. The highest BCUT2D eigenvalue weighted by atomic mass is 19.1. The number of rotatable bonds is 2. The fourth-order valence-corrected chi connectivity index (χ4v) is 2.41. The number of aliphatic carboxylic acids is 1. The van der Waals surface area contributed by atoms with E-state index >= 15 is 0 Å². The van der Waals surface area contributed by atoms with E-state index in [1.54, 1.807) is 6.92 Å². The molecule has 1 amide bonds. The minimum Gasteiger partial charge on any atom is -0.480 e. The maximum atomic E-state index is 13.2. The van der Waals surface area contributed by atoms with Gasteiger partial charge in [-0.15, -0.1) is 0 Å². The van der Waals surface area contributed by atoms with Gasteiger partial charge in [-0.05, 0) is 43.9 Å². The lowest BCUT2D eigenvalue weighted by Crippen LogP contribution is -2.48. The van der Waals surface area contributed by atoms with Crippen molar-refractivity contribution in [3.8, 4) is 0 Å². The van der Waals surface area contributed by atoms with Gasteiger partial charge in [0.1, 0.15) is 11.9 Å². The molecule has 1 atom stereocenters. The third-order valence-electron chi connectivity index (χ3n) is 3.48. The van der Waals surface area contributed by atoms with Crippen molar-refractivity contribution in [2.45, 2.75) is 32.2 Å². The number of hydrogen-bond acceptors (Lipinski definition) is 2. The molecule has 1 aliphatic heterocycles. The zero-order valence-corrected chi connectivity index (χ0v) is 10.7. The van der Waals surface area contributed by atoms with Crippen LogP contribution >= 0.6 is 0 Å². The summed E-state index contributed by atoms with van der Waals surface area (Å²) in [6.45, 7) is 2.12. The van der Waals surface area contributed by atoms with E-state index in [-0.39, 0.29) is 5.56 Å². The van der Waals surface area contributed by atoms with Gasteiger partial charge >= 0.3 is 5.97 Å². The van der Waals surface area contributed by atoms with Gasteiger partial charge < -0.3 is 10.0 Å². The highest BCUT2D eigenvalue weighted by molar-refractivity contribution is 5.98. The summed E-state index contributed by atoms with van der Waals surface area (Å²) < 4.78 is 13.2. The lowest BCUT2D eigenvalue weighted by atomic mass is 9.99. The molecular formula is C14H16FNO3. The Bertz CT molecular complexity index is 515. The number of piperidine rings is 1. The number of hydrogen-bond donors (Lipinski definition) is 1. The number of halogens is 1. The lowest BCUT2D eigenvalue weighted by molar-refractivity contribution is -0.143. The third-order valence-corrected chi connectivity index (χ3v) is 3.48. The van der Waals surface area contributed by atoms with Crippen LogP contribution in [0.2, 0.25) is 0 Å². The predicted octanol–water partition coefficient (Wildman–Crippen LogP) is 2.21. The van der Waals surface area contributed by atoms with Crippen molar-refractivity contribution in [3.63, 3.8) is 0 Å². The minimum absolute atomic E-state index is 0.244. The van der Waals surface area contributed by atoms with E-state index in [9.17, 15) is 14.0 Å². The molecule has 1 heterocycles. The summed E-state index contributed by atoms with van der Waals surface area (Å²) in [7, 11) is 0. The van der Waals surface area contributed by atoms with Crippen LogP contribution < -0.4 is 0 Å². The van der Waals surface area contributed by atoms with Crippen molar-refractivity contribution >= 4 is 11.9 Å². The van der Waals surface area contributed by atoms with Crippen LogP contribution in [0.3, 0.4) is 0 Å². The summed E-state index contributed by atoms with van der Waals surface area (Å²) in [5, 5.41) is 9.16. The summed E-state index contributed by atoms with van der Waals surface area (Å²) >= 11 is 0. The van der Waals surface area contributed by atoms with Crippen LogP contribution in [0.5, 0.6) is 0 Å². The van der Waals surface area contributed by atoms with Crippen LogP contribution in [0.15, 0.2) is 18.2 Å². The molecule has 1 aliphatic rings.